The summed E-state index contributed by atoms with van der Waals surface area (Å²) in [6.07, 6.45) is 6.42. The third-order valence-electron chi connectivity index (χ3n) is 10.2. The second-order valence-corrected chi connectivity index (χ2v) is 14.2. The molecule has 0 saturated carbocycles. The third-order valence-corrected chi connectivity index (χ3v) is 10.5. The Kier molecular flexibility index (Phi) is 8.47. The highest BCUT2D eigenvalue weighted by Crippen LogP contribution is 2.40. The van der Waals surface area contributed by atoms with Gasteiger partial charge in [0.15, 0.2) is 0 Å². The van der Waals surface area contributed by atoms with E-state index in [1.165, 1.54) is 0 Å². The van der Waals surface area contributed by atoms with Crippen molar-refractivity contribution in [2.75, 3.05) is 5.32 Å². The van der Waals surface area contributed by atoms with Crippen LogP contribution in [0.4, 0.5) is 5.69 Å². The van der Waals surface area contributed by atoms with Crippen LogP contribution in [-0.2, 0) is 0 Å². The fraction of sp³-hybridized carbons (Fsp3) is 0. The highest BCUT2D eigenvalue weighted by molar-refractivity contribution is 6.30. The van der Waals surface area contributed by atoms with Crippen LogP contribution in [0, 0.1) is 0 Å². The minimum Gasteiger partial charge on any atom is -0.354 e. The lowest BCUT2D eigenvalue weighted by molar-refractivity contribution is 1.30. The molecular weight excluding hydrogens is 706 g/mol. The molecule has 0 saturated heterocycles. The SMILES string of the molecule is Clc1ccc(NC2=Cc3nc2c(-c2ccccc2)c2ccc([nH]2)c(-c2ccccc2)c2nc(c(-c4ccccc4)c4ccc([nH]4)c3-c3ccccc3)C=C2)cc1. The normalized spacial score (nSPS) is 12.1. The maximum Gasteiger partial charge on any atom is 0.0971 e. The zero-order chi connectivity index (χ0) is 37.4. The Labute approximate surface area is 329 Å². The number of anilines is 1. The molecule has 5 nitrogen and oxygen atoms in total. The number of aromatic nitrogens is 4. The van der Waals surface area contributed by atoms with E-state index in [-0.39, 0.29) is 0 Å². The van der Waals surface area contributed by atoms with Gasteiger partial charge in [0.1, 0.15) is 0 Å². The predicted octanol–water partition coefficient (Wildman–Crippen LogP) is 13.4. The summed E-state index contributed by atoms with van der Waals surface area (Å²) in [7, 11) is 0. The van der Waals surface area contributed by atoms with E-state index in [1.54, 1.807) is 0 Å². The Morgan fingerprint density at radius 2 is 0.786 bits per heavy atom. The number of rotatable bonds is 6. The number of nitrogens with zero attached hydrogens (tertiary/aromatic N) is 2. The molecule has 10 rings (SSSR count). The van der Waals surface area contributed by atoms with Gasteiger partial charge in [-0.3, -0.25) is 0 Å². The molecule has 0 amide bonds. The van der Waals surface area contributed by atoms with Gasteiger partial charge in [-0.1, -0.05) is 133 Å². The van der Waals surface area contributed by atoms with Crippen LogP contribution < -0.4 is 5.32 Å². The third kappa shape index (κ3) is 6.20. The first-order chi connectivity index (χ1) is 27.7. The zero-order valence-electron chi connectivity index (χ0n) is 30.2. The zero-order valence-corrected chi connectivity index (χ0v) is 30.9. The van der Waals surface area contributed by atoms with E-state index in [1.807, 2.05) is 48.5 Å². The van der Waals surface area contributed by atoms with Gasteiger partial charge >= 0.3 is 0 Å². The monoisotopic (exact) mass is 739 g/mol. The second kappa shape index (κ2) is 14.2. The molecule has 3 N–H and O–H groups in total. The van der Waals surface area contributed by atoms with E-state index in [2.05, 4.69) is 155 Å². The Morgan fingerprint density at radius 1 is 0.393 bits per heavy atom. The van der Waals surface area contributed by atoms with Crippen molar-refractivity contribution in [2.45, 2.75) is 0 Å². The number of nitrogens with one attached hydrogen (secondary N) is 3. The first kappa shape index (κ1) is 33.4. The standard InChI is InChI=1S/C50H34ClN5/c51-36-21-23-37(24-22-36)52-45-31-44-48(34-17-9-3-10-18-34)42-28-27-40(54-42)46(32-13-5-1-6-14-32)38-25-26-39(53-38)47(33-15-7-2-8-16-33)41-29-30-43(55-41)49(50(45)56-44)35-19-11-4-12-20-35/h1-31,52,54-55H. The summed E-state index contributed by atoms with van der Waals surface area (Å²) in [6, 6.07) is 58.3. The molecule has 0 atom stereocenters. The summed E-state index contributed by atoms with van der Waals surface area (Å²) in [5.74, 6) is 0. The molecule has 2 aliphatic rings. The first-order valence-electron chi connectivity index (χ1n) is 18.6. The van der Waals surface area contributed by atoms with E-state index >= 15 is 0 Å². The van der Waals surface area contributed by atoms with Gasteiger partial charge < -0.3 is 15.3 Å². The molecule has 266 valence electrons. The fourth-order valence-electron chi connectivity index (χ4n) is 7.70. The van der Waals surface area contributed by atoms with Crippen LogP contribution in [0.1, 0.15) is 22.8 Å². The van der Waals surface area contributed by atoms with Crippen LogP contribution >= 0.6 is 11.6 Å². The summed E-state index contributed by atoms with van der Waals surface area (Å²) in [5.41, 5.74) is 17.2. The molecule has 56 heavy (non-hydrogen) atoms. The minimum absolute atomic E-state index is 0.676. The van der Waals surface area contributed by atoms with E-state index in [0.717, 1.165) is 101 Å². The minimum atomic E-state index is 0.676. The Hall–Kier alpha value is -7.21. The van der Waals surface area contributed by atoms with Crippen molar-refractivity contribution in [1.82, 2.24) is 19.9 Å². The average Bonchev–Trinajstić information content (AvgIpc) is 4.08. The molecule has 3 aromatic heterocycles. The second-order valence-electron chi connectivity index (χ2n) is 13.8. The highest BCUT2D eigenvalue weighted by atomic mass is 35.5. The maximum absolute atomic E-state index is 6.34. The van der Waals surface area contributed by atoms with Crippen molar-refractivity contribution in [1.29, 1.82) is 0 Å². The van der Waals surface area contributed by atoms with Gasteiger partial charge in [0.25, 0.3) is 0 Å². The topological polar surface area (TPSA) is 69.4 Å². The fourth-order valence-corrected chi connectivity index (χ4v) is 7.82. The predicted molar refractivity (Wildman–Crippen MR) is 235 cm³/mol. The molecule has 2 aliphatic heterocycles. The molecule has 8 bridgehead atoms. The highest BCUT2D eigenvalue weighted by Gasteiger charge is 2.23. The summed E-state index contributed by atoms with van der Waals surface area (Å²) in [4.78, 5) is 18.7. The van der Waals surface area contributed by atoms with Gasteiger partial charge in [0, 0.05) is 55.0 Å². The smallest absolute Gasteiger partial charge is 0.0971 e. The Bertz CT molecular complexity index is 2960. The number of aromatic amines is 2. The van der Waals surface area contributed by atoms with Gasteiger partial charge in [-0.05, 0) is 89.0 Å². The number of H-pyrrole nitrogens is 2. The number of benzene rings is 5. The van der Waals surface area contributed by atoms with Crippen LogP contribution in [0.5, 0.6) is 0 Å². The molecule has 0 fully saturated rings. The summed E-state index contributed by atoms with van der Waals surface area (Å²) >= 11 is 6.34. The van der Waals surface area contributed by atoms with Crippen molar-refractivity contribution in [3.8, 4) is 44.5 Å². The van der Waals surface area contributed by atoms with Crippen LogP contribution in [0.2, 0.25) is 5.02 Å². The lowest BCUT2D eigenvalue weighted by Gasteiger charge is -2.11. The molecule has 0 unspecified atom stereocenters. The first-order valence-corrected chi connectivity index (χ1v) is 19.0. The Morgan fingerprint density at radius 3 is 1.23 bits per heavy atom. The molecule has 6 heteroatoms. The van der Waals surface area contributed by atoms with Gasteiger partial charge in [0.2, 0.25) is 0 Å². The maximum atomic E-state index is 6.34. The van der Waals surface area contributed by atoms with Crippen molar-refractivity contribution < 1.29 is 0 Å². The van der Waals surface area contributed by atoms with Gasteiger partial charge in [0.05, 0.1) is 28.5 Å². The van der Waals surface area contributed by atoms with Gasteiger partial charge in [-0.2, -0.15) is 0 Å². The van der Waals surface area contributed by atoms with Crippen LogP contribution in [-0.4, -0.2) is 19.9 Å². The van der Waals surface area contributed by atoms with E-state index in [4.69, 9.17) is 21.6 Å². The number of fused-ring (bicyclic) bond motifs is 8. The molecular formula is C50H34ClN5. The van der Waals surface area contributed by atoms with Crippen molar-refractivity contribution in [3.05, 3.63) is 198 Å². The van der Waals surface area contributed by atoms with Crippen LogP contribution in [0.25, 0.3) is 90.5 Å². The average molecular weight is 740 g/mol. The van der Waals surface area contributed by atoms with Gasteiger partial charge in [-0.15, -0.1) is 0 Å². The molecule has 5 heterocycles. The number of hydrogen-bond acceptors (Lipinski definition) is 3. The summed E-state index contributed by atoms with van der Waals surface area (Å²) in [6.45, 7) is 0. The van der Waals surface area contributed by atoms with Crippen LogP contribution in [0.15, 0.2) is 170 Å². The van der Waals surface area contributed by atoms with E-state index < -0.39 is 0 Å². The summed E-state index contributed by atoms with van der Waals surface area (Å²) in [5, 5.41) is 4.40. The lowest BCUT2D eigenvalue weighted by Crippen LogP contribution is -1.99. The van der Waals surface area contributed by atoms with E-state index in [0.29, 0.717) is 5.02 Å². The molecule has 5 aromatic carbocycles. The molecule has 0 spiro atoms. The Balaban J connectivity index is 1.40. The lowest BCUT2D eigenvalue weighted by atomic mass is 10.0. The molecule has 8 aromatic rings. The number of halogens is 1. The summed E-state index contributed by atoms with van der Waals surface area (Å²) < 4.78 is 0. The van der Waals surface area contributed by atoms with Gasteiger partial charge in [-0.25, -0.2) is 9.97 Å². The van der Waals surface area contributed by atoms with E-state index in [9.17, 15) is 0 Å². The van der Waals surface area contributed by atoms with Crippen molar-refractivity contribution >= 4 is 63.3 Å². The largest absolute Gasteiger partial charge is 0.354 e. The van der Waals surface area contributed by atoms with Crippen molar-refractivity contribution in [2.24, 2.45) is 0 Å². The molecule has 0 radical (unpaired) electrons. The quantitative estimate of drug-likeness (QED) is 0.159. The van der Waals surface area contributed by atoms with Crippen LogP contribution in [0.3, 0.4) is 0 Å². The molecule has 0 aliphatic carbocycles. The number of hydrogen-bond donors (Lipinski definition) is 3. The van der Waals surface area contributed by atoms with Crippen molar-refractivity contribution in [3.63, 3.8) is 0 Å².